The topological polar surface area (TPSA) is 24.6 Å². The fraction of sp³-hybridized carbons (Fsp3) is 0.154. The van der Waals surface area contributed by atoms with E-state index in [2.05, 4.69) is 313 Å². The Morgan fingerprint density at radius 2 is 0.831 bits per heavy atom. The molecule has 83 heavy (non-hydrogen) atoms. The van der Waals surface area contributed by atoms with E-state index < -0.39 is 0 Å². The lowest BCUT2D eigenvalue weighted by molar-refractivity contribution is 0.590. The maximum atomic E-state index is 6.52. The van der Waals surface area contributed by atoms with Crippen LogP contribution in [0, 0.1) is 0 Å². The molecule has 0 radical (unpaired) electrons. The van der Waals surface area contributed by atoms with Gasteiger partial charge in [-0.05, 0) is 163 Å². The third kappa shape index (κ3) is 8.10. The molecule has 0 unspecified atom stereocenters. The summed E-state index contributed by atoms with van der Waals surface area (Å²) in [5, 5.41) is 4.71. The van der Waals surface area contributed by atoms with Crippen LogP contribution >= 0.6 is 0 Å². The molecule has 2 aromatic heterocycles. The summed E-state index contributed by atoms with van der Waals surface area (Å²) in [6, 6.07) is 89.1. The van der Waals surface area contributed by atoms with Crippen molar-refractivity contribution in [2.45, 2.75) is 78.6 Å². The van der Waals surface area contributed by atoms with Crippen molar-refractivity contribution in [2.75, 3.05) is 9.80 Å². The number of aromatic nitrogens is 1. The number of fused-ring (bicyclic) bond motifs is 11. The summed E-state index contributed by atoms with van der Waals surface area (Å²) in [6.45, 7) is 20.8. The van der Waals surface area contributed by atoms with Crippen molar-refractivity contribution in [2.24, 2.45) is 0 Å². The van der Waals surface area contributed by atoms with Gasteiger partial charge in [0.1, 0.15) is 11.2 Å². The van der Waals surface area contributed by atoms with Gasteiger partial charge in [0.25, 0.3) is 6.71 Å². The molecule has 0 aliphatic carbocycles. The largest absolute Gasteiger partial charge is 0.456 e. The average molecular weight is 1070 g/mol. The second-order valence-corrected chi connectivity index (χ2v) is 26.1. The molecular weight excluding hydrogens is 1010 g/mol. The quantitative estimate of drug-likeness (QED) is 0.155. The summed E-state index contributed by atoms with van der Waals surface area (Å²) >= 11 is 0. The van der Waals surface area contributed by atoms with Gasteiger partial charge in [0.05, 0.1) is 22.4 Å². The fourth-order valence-electron chi connectivity index (χ4n) is 13.6. The normalized spacial score (nSPS) is 13.3. The summed E-state index contributed by atoms with van der Waals surface area (Å²) in [7, 11) is 0. The van der Waals surface area contributed by atoms with Crippen LogP contribution in [0.15, 0.2) is 241 Å². The van der Waals surface area contributed by atoms with E-state index in [-0.39, 0.29) is 23.0 Å². The third-order valence-corrected chi connectivity index (χ3v) is 17.8. The second kappa shape index (κ2) is 18.6. The van der Waals surface area contributed by atoms with Gasteiger partial charge in [0.15, 0.2) is 0 Å². The van der Waals surface area contributed by atoms with Gasteiger partial charge in [-0.2, -0.15) is 0 Å². The standard InChI is InChI=1S/C78H66BN3O/c1-76(2,3)53-35-38-64(59(46-53)49-23-13-10-14-24-49)81-67-41-40-66-73(58-30-19-21-31-63(58)80(66)56-27-17-12-18-28-56)75(67)79-62-37-34-55(78(7,8)9)48-68(62)82(65-39-36-54(77(4,5)6)47-60(65)50-25-15-11-16-26-50)70-45-52(44-69(81)74(70)79)51-33-42-72-61(43-51)57-29-20-22-32-71(57)83-72/h10-48H,1-9H3. The first-order valence-electron chi connectivity index (χ1n) is 29.4. The van der Waals surface area contributed by atoms with E-state index in [1.165, 1.54) is 88.5 Å². The minimum Gasteiger partial charge on any atom is -0.456 e. The second-order valence-electron chi connectivity index (χ2n) is 26.1. The van der Waals surface area contributed by atoms with Gasteiger partial charge in [-0.1, -0.05) is 208 Å². The number of hydrogen-bond donors (Lipinski definition) is 0. The Kier molecular flexibility index (Phi) is 11.3. The van der Waals surface area contributed by atoms with E-state index in [9.17, 15) is 0 Å². The highest BCUT2D eigenvalue weighted by atomic mass is 16.3. The predicted molar refractivity (Wildman–Crippen MR) is 354 cm³/mol. The van der Waals surface area contributed by atoms with Gasteiger partial charge in [0, 0.05) is 61.1 Å². The van der Waals surface area contributed by atoms with Crippen LogP contribution in [-0.2, 0) is 16.2 Å². The summed E-state index contributed by atoms with van der Waals surface area (Å²) < 4.78 is 9.01. The Morgan fingerprint density at radius 1 is 0.325 bits per heavy atom. The molecule has 0 spiro atoms. The van der Waals surface area contributed by atoms with E-state index in [4.69, 9.17) is 4.42 Å². The zero-order valence-electron chi connectivity index (χ0n) is 48.8. The van der Waals surface area contributed by atoms with E-state index in [0.29, 0.717) is 0 Å². The van der Waals surface area contributed by atoms with Gasteiger partial charge in [-0.15, -0.1) is 0 Å². The maximum Gasteiger partial charge on any atom is 0.253 e. The third-order valence-electron chi connectivity index (χ3n) is 17.8. The number of benzene rings is 11. The van der Waals surface area contributed by atoms with Crippen molar-refractivity contribution in [3.05, 3.63) is 253 Å². The molecular formula is C78H66BN3O. The molecule has 13 aromatic rings. The molecule has 0 fully saturated rings. The van der Waals surface area contributed by atoms with Crippen LogP contribution in [0.5, 0.6) is 0 Å². The van der Waals surface area contributed by atoms with Gasteiger partial charge in [0.2, 0.25) is 0 Å². The maximum absolute atomic E-state index is 6.52. The Labute approximate surface area is 488 Å². The number of anilines is 6. The molecule has 0 bridgehead atoms. The smallest absolute Gasteiger partial charge is 0.253 e. The predicted octanol–water partition coefficient (Wildman–Crippen LogP) is 19.7. The van der Waals surface area contributed by atoms with Gasteiger partial charge in [-0.3, -0.25) is 0 Å². The Morgan fingerprint density at radius 3 is 1.45 bits per heavy atom. The first kappa shape index (κ1) is 50.6. The molecule has 402 valence electrons. The molecule has 2 aliphatic rings. The molecule has 2 aliphatic heterocycles. The number of rotatable bonds is 6. The minimum absolute atomic E-state index is 0.0884. The molecule has 0 N–H and O–H groups in total. The molecule has 0 saturated carbocycles. The van der Waals surface area contributed by atoms with Gasteiger partial charge in [-0.25, -0.2) is 0 Å². The number of furan rings is 1. The van der Waals surface area contributed by atoms with Crippen LogP contribution < -0.4 is 26.2 Å². The summed E-state index contributed by atoms with van der Waals surface area (Å²) in [6.07, 6.45) is 0. The van der Waals surface area contributed by atoms with Crippen LogP contribution in [0.2, 0.25) is 0 Å². The lowest BCUT2D eigenvalue weighted by atomic mass is 9.32. The first-order valence-corrected chi connectivity index (χ1v) is 29.4. The SMILES string of the molecule is CC(C)(C)c1ccc(N2c3cc(C(C)(C)C)ccc3B3c4c2cc(-c2ccc5oc6ccccc6c5c2)cc4N(c2ccc(C(C)(C)C)cc2-c2ccccc2)c2ccc4c(c23)c2ccccc2n4-c2ccccc2)c(-c2ccccc2)c1. The fourth-order valence-corrected chi connectivity index (χ4v) is 13.6. The molecule has 0 atom stereocenters. The van der Waals surface area contributed by atoms with E-state index in [0.717, 1.165) is 61.5 Å². The summed E-state index contributed by atoms with van der Waals surface area (Å²) in [5.41, 5.74) is 26.6. The highest BCUT2D eigenvalue weighted by molar-refractivity contribution is 7.02. The van der Waals surface area contributed by atoms with Crippen LogP contribution in [0.1, 0.15) is 79.0 Å². The highest BCUT2D eigenvalue weighted by Crippen LogP contribution is 2.52. The zero-order valence-corrected chi connectivity index (χ0v) is 48.8. The number of para-hydroxylation sites is 3. The Hall–Kier alpha value is -9.32. The highest BCUT2D eigenvalue weighted by Gasteiger charge is 2.46. The van der Waals surface area contributed by atoms with Crippen molar-refractivity contribution >= 4 is 101 Å². The molecule has 15 rings (SSSR count). The van der Waals surface area contributed by atoms with Crippen LogP contribution in [0.3, 0.4) is 0 Å². The molecule has 5 heteroatoms. The number of nitrogens with zero attached hydrogens (tertiary/aromatic N) is 3. The lowest BCUT2D eigenvalue weighted by Crippen LogP contribution is -2.61. The van der Waals surface area contributed by atoms with Crippen molar-refractivity contribution in [1.29, 1.82) is 0 Å². The summed E-state index contributed by atoms with van der Waals surface area (Å²) in [4.78, 5) is 5.30. The van der Waals surface area contributed by atoms with Crippen molar-refractivity contribution in [3.8, 4) is 39.1 Å². The van der Waals surface area contributed by atoms with E-state index >= 15 is 0 Å². The number of hydrogen-bond acceptors (Lipinski definition) is 3. The Bertz CT molecular complexity index is 4740. The summed E-state index contributed by atoms with van der Waals surface area (Å²) in [5.74, 6) is 0. The first-order chi connectivity index (χ1) is 40.1. The zero-order chi connectivity index (χ0) is 56.7. The van der Waals surface area contributed by atoms with Gasteiger partial charge >= 0.3 is 0 Å². The monoisotopic (exact) mass is 1070 g/mol. The molecule has 11 aromatic carbocycles. The van der Waals surface area contributed by atoms with Gasteiger partial charge < -0.3 is 18.8 Å². The van der Waals surface area contributed by atoms with Crippen LogP contribution in [0.25, 0.3) is 82.8 Å². The van der Waals surface area contributed by atoms with Crippen LogP contribution in [0.4, 0.5) is 34.1 Å². The van der Waals surface area contributed by atoms with E-state index in [1.807, 2.05) is 0 Å². The van der Waals surface area contributed by atoms with Crippen LogP contribution in [-0.4, -0.2) is 11.3 Å². The van der Waals surface area contributed by atoms with E-state index in [1.54, 1.807) is 0 Å². The lowest BCUT2D eigenvalue weighted by Gasteiger charge is -2.46. The van der Waals surface area contributed by atoms with Crippen molar-refractivity contribution in [1.82, 2.24) is 4.57 Å². The minimum atomic E-state index is -0.178. The molecule has 0 saturated heterocycles. The average Bonchev–Trinajstić information content (AvgIpc) is 3.59. The van der Waals surface area contributed by atoms with Crippen molar-refractivity contribution < 1.29 is 4.42 Å². The molecule has 4 nitrogen and oxygen atoms in total. The van der Waals surface area contributed by atoms with Crippen molar-refractivity contribution in [3.63, 3.8) is 0 Å². The molecule has 0 amide bonds. The Balaban J connectivity index is 1.14. The molecule has 4 heterocycles.